The highest BCUT2D eigenvalue weighted by Crippen LogP contribution is 2.34. The summed E-state index contributed by atoms with van der Waals surface area (Å²) in [5.74, 6) is -1.29. The third-order valence-electron chi connectivity index (χ3n) is 3.79. The molecule has 2 aromatic rings. The maximum Gasteiger partial charge on any atom is 0.263 e. The molecule has 1 heterocycles. The lowest BCUT2D eigenvalue weighted by molar-refractivity contribution is 0.275. The summed E-state index contributed by atoms with van der Waals surface area (Å²) in [5.41, 5.74) is 5.32. The molecular formula is C14H15F2N3O. The normalized spacial score (nSPS) is 18.1. The number of rotatable bonds is 2. The van der Waals surface area contributed by atoms with Crippen molar-refractivity contribution in [3.63, 3.8) is 0 Å². The van der Waals surface area contributed by atoms with Crippen LogP contribution >= 0.6 is 0 Å². The van der Waals surface area contributed by atoms with Gasteiger partial charge in [-0.3, -0.25) is 0 Å². The number of hydrogen-bond donors (Lipinski definition) is 1. The van der Waals surface area contributed by atoms with Crippen molar-refractivity contribution in [1.29, 1.82) is 0 Å². The van der Waals surface area contributed by atoms with Gasteiger partial charge in [-0.1, -0.05) is 30.5 Å². The van der Waals surface area contributed by atoms with Gasteiger partial charge >= 0.3 is 0 Å². The van der Waals surface area contributed by atoms with Crippen LogP contribution in [0.2, 0.25) is 0 Å². The van der Waals surface area contributed by atoms with Crippen molar-refractivity contribution >= 4 is 0 Å². The average Bonchev–Trinajstić information content (AvgIpc) is 2.90. The molecule has 1 aromatic carbocycles. The van der Waals surface area contributed by atoms with E-state index in [-0.39, 0.29) is 11.5 Å². The third kappa shape index (κ3) is 2.20. The number of halogens is 2. The maximum atomic E-state index is 13.7. The highest BCUT2D eigenvalue weighted by atomic mass is 19.1. The van der Waals surface area contributed by atoms with E-state index in [0.717, 1.165) is 44.2 Å². The van der Waals surface area contributed by atoms with Gasteiger partial charge in [0.1, 0.15) is 17.2 Å². The van der Waals surface area contributed by atoms with Crippen LogP contribution in [-0.2, 0) is 5.54 Å². The van der Waals surface area contributed by atoms with Crippen molar-refractivity contribution in [3.8, 4) is 11.5 Å². The molecule has 20 heavy (non-hydrogen) atoms. The minimum Gasteiger partial charge on any atom is -0.334 e. The fourth-order valence-corrected chi connectivity index (χ4v) is 2.64. The molecule has 0 atom stereocenters. The Balaban J connectivity index is 1.98. The summed E-state index contributed by atoms with van der Waals surface area (Å²) < 4.78 is 32.4. The van der Waals surface area contributed by atoms with Gasteiger partial charge in [0.2, 0.25) is 0 Å². The summed E-state index contributed by atoms with van der Waals surface area (Å²) in [4.78, 5) is 4.11. The first-order chi connectivity index (χ1) is 9.60. The molecule has 6 heteroatoms. The maximum absolute atomic E-state index is 13.7. The van der Waals surface area contributed by atoms with Crippen molar-refractivity contribution in [2.24, 2.45) is 5.73 Å². The molecule has 106 valence electrons. The number of aromatic nitrogens is 2. The van der Waals surface area contributed by atoms with E-state index in [0.29, 0.717) is 5.82 Å². The summed E-state index contributed by atoms with van der Waals surface area (Å²) in [6, 6.07) is 3.60. The standard InChI is InChI=1S/C14H15F2N3O/c15-9-5-4-6-10(16)11(9)12-18-13(19-20-12)14(17)7-2-1-3-8-14/h4-6H,1-3,7-8,17H2. The zero-order valence-corrected chi connectivity index (χ0v) is 10.9. The minimum atomic E-state index is -0.727. The van der Waals surface area contributed by atoms with Gasteiger partial charge in [0.15, 0.2) is 5.82 Å². The second kappa shape index (κ2) is 4.94. The Morgan fingerprint density at radius 2 is 1.75 bits per heavy atom. The SMILES string of the molecule is NC1(c2noc(-c3c(F)cccc3F)n2)CCCCC1. The fraction of sp³-hybridized carbons (Fsp3) is 0.429. The van der Waals surface area contributed by atoms with Gasteiger partial charge in [0.05, 0.1) is 5.54 Å². The Kier molecular flexibility index (Phi) is 3.25. The smallest absolute Gasteiger partial charge is 0.263 e. The zero-order valence-electron chi connectivity index (χ0n) is 10.9. The lowest BCUT2D eigenvalue weighted by atomic mass is 9.82. The molecule has 1 aliphatic rings. The second-order valence-electron chi connectivity index (χ2n) is 5.24. The summed E-state index contributed by atoms with van der Waals surface area (Å²) in [6.45, 7) is 0. The van der Waals surface area contributed by atoms with Crippen molar-refractivity contribution in [3.05, 3.63) is 35.7 Å². The van der Waals surface area contributed by atoms with Crippen molar-refractivity contribution in [1.82, 2.24) is 10.1 Å². The monoisotopic (exact) mass is 279 g/mol. The molecule has 0 spiro atoms. The van der Waals surface area contributed by atoms with Crippen LogP contribution in [0.4, 0.5) is 8.78 Å². The van der Waals surface area contributed by atoms with Crippen LogP contribution in [-0.4, -0.2) is 10.1 Å². The molecule has 0 amide bonds. The van der Waals surface area contributed by atoms with E-state index in [1.54, 1.807) is 0 Å². The van der Waals surface area contributed by atoms with Gasteiger partial charge in [-0.15, -0.1) is 0 Å². The Morgan fingerprint density at radius 1 is 1.10 bits per heavy atom. The van der Waals surface area contributed by atoms with Crippen LogP contribution in [0.1, 0.15) is 37.9 Å². The molecule has 0 radical (unpaired) electrons. The van der Waals surface area contributed by atoms with E-state index < -0.39 is 17.2 Å². The fourth-order valence-electron chi connectivity index (χ4n) is 2.64. The third-order valence-corrected chi connectivity index (χ3v) is 3.79. The van der Waals surface area contributed by atoms with Crippen LogP contribution in [0.15, 0.2) is 22.7 Å². The first-order valence-electron chi connectivity index (χ1n) is 6.68. The molecule has 1 saturated carbocycles. The summed E-state index contributed by atoms with van der Waals surface area (Å²) in [5, 5.41) is 3.83. The average molecular weight is 279 g/mol. The van der Waals surface area contributed by atoms with Gasteiger partial charge in [-0.25, -0.2) is 8.78 Å². The van der Waals surface area contributed by atoms with Crippen LogP contribution < -0.4 is 5.73 Å². The van der Waals surface area contributed by atoms with Crippen molar-refractivity contribution in [2.45, 2.75) is 37.6 Å². The summed E-state index contributed by atoms with van der Waals surface area (Å²) in [6.07, 6.45) is 4.63. The van der Waals surface area contributed by atoms with E-state index >= 15 is 0 Å². The topological polar surface area (TPSA) is 64.9 Å². The molecule has 4 nitrogen and oxygen atoms in total. The molecule has 0 bridgehead atoms. The Labute approximate surface area is 115 Å². The Morgan fingerprint density at radius 3 is 2.40 bits per heavy atom. The van der Waals surface area contributed by atoms with Crippen LogP contribution in [0.5, 0.6) is 0 Å². The van der Waals surface area contributed by atoms with Gasteiger partial charge in [-0.05, 0) is 25.0 Å². The lowest BCUT2D eigenvalue weighted by Crippen LogP contribution is -2.39. The molecule has 1 aromatic heterocycles. The van der Waals surface area contributed by atoms with Crippen molar-refractivity contribution in [2.75, 3.05) is 0 Å². The van der Waals surface area contributed by atoms with Crippen LogP contribution in [0, 0.1) is 11.6 Å². The number of hydrogen-bond acceptors (Lipinski definition) is 4. The van der Waals surface area contributed by atoms with E-state index in [1.165, 1.54) is 6.07 Å². The molecule has 0 aliphatic heterocycles. The molecule has 3 rings (SSSR count). The Bertz CT molecular complexity index is 600. The molecular weight excluding hydrogens is 264 g/mol. The van der Waals surface area contributed by atoms with Gasteiger partial charge < -0.3 is 10.3 Å². The highest BCUT2D eigenvalue weighted by Gasteiger charge is 2.35. The van der Waals surface area contributed by atoms with Gasteiger partial charge in [-0.2, -0.15) is 4.98 Å². The number of nitrogens with two attached hydrogens (primary N) is 1. The van der Waals surface area contributed by atoms with E-state index in [2.05, 4.69) is 10.1 Å². The van der Waals surface area contributed by atoms with Gasteiger partial charge in [0.25, 0.3) is 5.89 Å². The zero-order chi connectivity index (χ0) is 14.2. The lowest BCUT2D eigenvalue weighted by Gasteiger charge is -2.29. The number of benzene rings is 1. The number of nitrogens with zero attached hydrogens (tertiary/aromatic N) is 2. The highest BCUT2D eigenvalue weighted by molar-refractivity contribution is 5.54. The van der Waals surface area contributed by atoms with Crippen LogP contribution in [0.25, 0.3) is 11.5 Å². The molecule has 0 saturated heterocycles. The van der Waals surface area contributed by atoms with E-state index in [1.807, 2.05) is 0 Å². The minimum absolute atomic E-state index is 0.161. The molecule has 1 aliphatic carbocycles. The first kappa shape index (κ1) is 13.2. The van der Waals surface area contributed by atoms with E-state index in [4.69, 9.17) is 10.3 Å². The van der Waals surface area contributed by atoms with Crippen LogP contribution in [0.3, 0.4) is 0 Å². The summed E-state index contributed by atoms with van der Waals surface area (Å²) in [7, 11) is 0. The van der Waals surface area contributed by atoms with Crippen molar-refractivity contribution < 1.29 is 13.3 Å². The summed E-state index contributed by atoms with van der Waals surface area (Å²) >= 11 is 0. The Hall–Kier alpha value is -1.82. The van der Waals surface area contributed by atoms with Gasteiger partial charge in [0, 0.05) is 0 Å². The quantitative estimate of drug-likeness (QED) is 0.917. The molecule has 0 unspecified atom stereocenters. The molecule has 2 N–H and O–H groups in total. The largest absolute Gasteiger partial charge is 0.334 e. The van der Waals surface area contributed by atoms with E-state index in [9.17, 15) is 8.78 Å². The first-order valence-corrected chi connectivity index (χ1v) is 6.68. The predicted molar refractivity (Wildman–Crippen MR) is 68.6 cm³/mol. The molecule has 1 fully saturated rings. The second-order valence-corrected chi connectivity index (χ2v) is 5.24. The predicted octanol–water partition coefficient (Wildman–Crippen LogP) is 3.13.